The minimum Gasteiger partial charge on any atom is -0.350 e. The van der Waals surface area contributed by atoms with E-state index in [2.05, 4.69) is 15.5 Å². The number of rotatable bonds is 5. The summed E-state index contributed by atoms with van der Waals surface area (Å²) in [6.45, 7) is 8.90. The molecule has 0 radical (unpaired) electrons. The van der Waals surface area contributed by atoms with Gasteiger partial charge in [0, 0.05) is 25.8 Å². The van der Waals surface area contributed by atoms with Gasteiger partial charge in [-0.15, -0.1) is 0 Å². The van der Waals surface area contributed by atoms with Crippen LogP contribution in [0.2, 0.25) is 0 Å². The summed E-state index contributed by atoms with van der Waals surface area (Å²) in [4.78, 5) is 26.7. The zero-order valence-electron chi connectivity index (χ0n) is 14.9. The lowest BCUT2D eigenvalue weighted by atomic mass is 10.2. The largest absolute Gasteiger partial charge is 0.350 e. The van der Waals surface area contributed by atoms with Crippen LogP contribution in [0.15, 0.2) is 18.3 Å². The number of carbonyl (C=O) groups is 2. The Morgan fingerprint density at radius 2 is 2.12 bits per heavy atom. The number of hydrogen-bond donors (Lipinski definition) is 1. The quantitative estimate of drug-likeness (QED) is 0.881. The zero-order valence-corrected chi connectivity index (χ0v) is 14.9. The summed E-state index contributed by atoms with van der Waals surface area (Å²) in [7, 11) is 0. The van der Waals surface area contributed by atoms with Gasteiger partial charge >= 0.3 is 0 Å². The van der Waals surface area contributed by atoms with Crippen molar-refractivity contribution >= 4 is 11.8 Å². The van der Waals surface area contributed by atoms with E-state index < -0.39 is 0 Å². The molecule has 0 saturated carbocycles. The first kappa shape index (κ1) is 17.2. The average molecular weight is 344 g/mol. The van der Waals surface area contributed by atoms with Gasteiger partial charge in [-0.05, 0) is 25.0 Å². The van der Waals surface area contributed by atoms with Crippen molar-refractivity contribution in [3.63, 3.8) is 0 Å². The molecule has 0 bridgehead atoms. The second-order valence-electron chi connectivity index (χ2n) is 6.61. The van der Waals surface area contributed by atoms with Gasteiger partial charge in [0.15, 0.2) is 5.69 Å². The Bertz CT molecular complexity index is 776. The first-order valence-corrected chi connectivity index (χ1v) is 8.65. The Morgan fingerprint density at radius 1 is 1.32 bits per heavy atom. The first-order chi connectivity index (χ1) is 12.0. The third-order valence-electron chi connectivity index (χ3n) is 4.22. The van der Waals surface area contributed by atoms with Gasteiger partial charge in [0.2, 0.25) is 0 Å². The maximum absolute atomic E-state index is 12.7. The normalized spacial score (nSPS) is 13.8. The SMILES string of the molecule is CCn1nccc1C(=O)N1CCn2nc(C(=O)NCC(C)C)cc2C1. The summed E-state index contributed by atoms with van der Waals surface area (Å²) in [5.41, 5.74) is 1.87. The maximum Gasteiger partial charge on any atom is 0.272 e. The second kappa shape index (κ2) is 7.08. The maximum atomic E-state index is 12.7. The van der Waals surface area contributed by atoms with E-state index in [1.165, 1.54) is 0 Å². The highest BCUT2D eigenvalue weighted by Crippen LogP contribution is 2.16. The molecule has 0 aromatic carbocycles. The van der Waals surface area contributed by atoms with Crippen LogP contribution in [0.5, 0.6) is 0 Å². The number of aromatic nitrogens is 4. The van der Waals surface area contributed by atoms with Gasteiger partial charge < -0.3 is 10.2 Å². The Balaban J connectivity index is 1.71. The fourth-order valence-corrected chi connectivity index (χ4v) is 2.87. The van der Waals surface area contributed by atoms with Crippen LogP contribution in [-0.2, 0) is 19.6 Å². The van der Waals surface area contributed by atoms with Gasteiger partial charge in [-0.1, -0.05) is 13.8 Å². The summed E-state index contributed by atoms with van der Waals surface area (Å²) in [5.74, 6) is 0.174. The standard InChI is InChI=1S/C17H24N6O2/c1-4-22-15(5-6-19-22)17(25)21-7-8-23-13(11-21)9-14(20-23)16(24)18-10-12(2)3/h5-6,9,12H,4,7-8,10-11H2,1-3H3,(H,18,24). The molecule has 1 aliphatic rings. The summed E-state index contributed by atoms with van der Waals surface area (Å²) in [6.07, 6.45) is 1.64. The smallest absolute Gasteiger partial charge is 0.272 e. The highest BCUT2D eigenvalue weighted by Gasteiger charge is 2.26. The fourth-order valence-electron chi connectivity index (χ4n) is 2.87. The Morgan fingerprint density at radius 3 is 2.84 bits per heavy atom. The van der Waals surface area contributed by atoms with Gasteiger partial charge in [0.25, 0.3) is 11.8 Å². The van der Waals surface area contributed by atoms with Gasteiger partial charge in [0.05, 0.1) is 18.8 Å². The summed E-state index contributed by atoms with van der Waals surface area (Å²) < 4.78 is 3.50. The molecular formula is C17H24N6O2. The van der Waals surface area contributed by atoms with Crippen LogP contribution < -0.4 is 5.32 Å². The Labute approximate surface area is 146 Å². The van der Waals surface area contributed by atoms with Gasteiger partial charge in [-0.2, -0.15) is 10.2 Å². The number of aryl methyl sites for hydroxylation is 1. The van der Waals surface area contributed by atoms with Crippen LogP contribution in [-0.4, -0.2) is 49.4 Å². The summed E-state index contributed by atoms with van der Waals surface area (Å²) in [5, 5.41) is 11.4. The molecule has 134 valence electrons. The topological polar surface area (TPSA) is 85.1 Å². The van der Waals surface area contributed by atoms with Crippen molar-refractivity contribution in [3.05, 3.63) is 35.4 Å². The molecule has 8 nitrogen and oxygen atoms in total. The van der Waals surface area contributed by atoms with Crippen LogP contribution >= 0.6 is 0 Å². The second-order valence-corrected chi connectivity index (χ2v) is 6.61. The van der Waals surface area contributed by atoms with Crippen LogP contribution in [0.4, 0.5) is 0 Å². The Hall–Kier alpha value is -2.64. The fraction of sp³-hybridized carbons (Fsp3) is 0.529. The van der Waals surface area contributed by atoms with Gasteiger partial charge in [-0.3, -0.25) is 19.0 Å². The summed E-state index contributed by atoms with van der Waals surface area (Å²) >= 11 is 0. The van der Waals surface area contributed by atoms with Crippen LogP contribution in [0.1, 0.15) is 47.4 Å². The van der Waals surface area contributed by atoms with Crippen LogP contribution in [0.3, 0.4) is 0 Å². The Kier molecular flexibility index (Phi) is 4.87. The molecule has 0 spiro atoms. The predicted octanol–water partition coefficient (Wildman–Crippen LogP) is 1.14. The molecule has 0 saturated heterocycles. The number of nitrogens with zero attached hydrogens (tertiary/aromatic N) is 5. The number of hydrogen-bond acceptors (Lipinski definition) is 4. The molecule has 0 fully saturated rings. The minimum atomic E-state index is -0.169. The number of nitrogens with one attached hydrogen (secondary N) is 1. The molecule has 2 aromatic rings. The molecule has 25 heavy (non-hydrogen) atoms. The van der Waals surface area contributed by atoms with Crippen molar-refractivity contribution in [1.82, 2.24) is 29.8 Å². The molecule has 2 amide bonds. The van der Waals surface area contributed by atoms with Gasteiger partial charge in [-0.25, -0.2) is 0 Å². The van der Waals surface area contributed by atoms with Crippen molar-refractivity contribution < 1.29 is 9.59 Å². The van der Waals surface area contributed by atoms with E-state index in [9.17, 15) is 9.59 Å². The highest BCUT2D eigenvalue weighted by molar-refractivity contribution is 5.93. The van der Waals surface area contributed by atoms with E-state index in [-0.39, 0.29) is 11.8 Å². The third-order valence-corrected chi connectivity index (χ3v) is 4.22. The molecule has 0 aliphatic carbocycles. The first-order valence-electron chi connectivity index (χ1n) is 8.65. The molecule has 0 unspecified atom stereocenters. The molecule has 3 heterocycles. The molecule has 8 heteroatoms. The van der Waals surface area contributed by atoms with Crippen LogP contribution in [0.25, 0.3) is 0 Å². The summed E-state index contributed by atoms with van der Waals surface area (Å²) in [6, 6.07) is 3.51. The number of carbonyl (C=O) groups excluding carboxylic acids is 2. The van der Waals surface area contributed by atoms with Crippen molar-refractivity contribution in [1.29, 1.82) is 0 Å². The van der Waals surface area contributed by atoms with Crippen molar-refractivity contribution in [2.24, 2.45) is 5.92 Å². The molecular weight excluding hydrogens is 320 g/mol. The van der Waals surface area contributed by atoms with E-state index in [1.54, 1.807) is 27.9 Å². The van der Waals surface area contributed by atoms with Crippen molar-refractivity contribution in [2.75, 3.05) is 13.1 Å². The minimum absolute atomic E-state index is 0.0439. The lowest BCUT2D eigenvalue weighted by Crippen LogP contribution is -2.39. The van der Waals surface area contributed by atoms with Crippen molar-refractivity contribution in [2.45, 2.75) is 40.4 Å². The molecule has 0 atom stereocenters. The monoisotopic (exact) mass is 344 g/mol. The zero-order chi connectivity index (χ0) is 18.0. The number of fused-ring (bicyclic) bond motifs is 1. The van der Waals surface area contributed by atoms with E-state index in [4.69, 9.17) is 0 Å². The molecule has 2 aromatic heterocycles. The molecule has 3 rings (SSSR count). The van der Waals surface area contributed by atoms with Crippen molar-refractivity contribution in [3.8, 4) is 0 Å². The van der Waals surface area contributed by atoms with E-state index in [0.717, 1.165) is 5.69 Å². The lowest BCUT2D eigenvalue weighted by molar-refractivity contribution is 0.0692. The highest BCUT2D eigenvalue weighted by atomic mass is 16.2. The molecule has 1 N–H and O–H groups in total. The van der Waals surface area contributed by atoms with E-state index in [0.29, 0.717) is 50.0 Å². The lowest BCUT2D eigenvalue weighted by Gasteiger charge is -2.27. The van der Waals surface area contributed by atoms with Gasteiger partial charge in [0.1, 0.15) is 5.69 Å². The van der Waals surface area contributed by atoms with E-state index >= 15 is 0 Å². The molecule has 1 aliphatic heterocycles. The number of amides is 2. The van der Waals surface area contributed by atoms with E-state index in [1.807, 2.05) is 25.5 Å². The average Bonchev–Trinajstić information content (AvgIpc) is 3.24. The predicted molar refractivity (Wildman–Crippen MR) is 92.0 cm³/mol. The van der Waals surface area contributed by atoms with Crippen LogP contribution in [0, 0.1) is 5.92 Å². The third kappa shape index (κ3) is 3.57.